The van der Waals surface area contributed by atoms with Crippen LogP contribution < -0.4 is 5.32 Å². The molecule has 1 N–H and O–H groups in total. The number of nitrogens with zero attached hydrogens (tertiary/aromatic N) is 1. The lowest BCUT2D eigenvalue weighted by molar-refractivity contribution is 0.0115. The molecule has 4 rings (SSSR count). The van der Waals surface area contributed by atoms with Crippen molar-refractivity contribution >= 4 is 5.69 Å². The third-order valence-electron chi connectivity index (χ3n) is 4.76. The number of rotatable bonds is 4. The smallest absolute Gasteiger partial charge is 0.125 e. The predicted octanol–water partition coefficient (Wildman–Crippen LogP) is 3.26. The second kappa shape index (κ2) is 5.98. The van der Waals surface area contributed by atoms with E-state index in [-0.39, 0.29) is 17.5 Å². The van der Waals surface area contributed by atoms with Crippen LogP contribution in [0.25, 0.3) is 0 Å². The molecule has 0 radical (unpaired) electrons. The summed E-state index contributed by atoms with van der Waals surface area (Å²) >= 11 is 0. The van der Waals surface area contributed by atoms with Gasteiger partial charge in [0.15, 0.2) is 0 Å². The van der Waals surface area contributed by atoms with Gasteiger partial charge in [-0.25, -0.2) is 4.39 Å². The number of nitrogens with one attached hydrogen (secondary N) is 1. The maximum Gasteiger partial charge on any atom is 0.125 e. The van der Waals surface area contributed by atoms with Gasteiger partial charge in [-0.2, -0.15) is 0 Å². The molecule has 0 aliphatic carbocycles. The molecule has 2 aromatic rings. The topological polar surface area (TPSA) is 37.6 Å². The van der Waals surface area contributed by atoms with E-state index in [9.17, 15) is 4.39 Å². The van der Waals surface area contributed by atoms with Crippen molar-refractivity contribution < 1.29 is 13.5 Å². The molecule has 122 valence electrons. The number of benzene rings is 1. The molecule has 0 saturated carbocycles. The molecule has 2 saturated heterocycles. The van der Waals surface area contributed by atoms with E-state index in [0.717, 1.165) is 43.9 Å². The predicted molar refractivity (Wildman–Crippen MR) is 85.7 cm³/mol. The number of anilines is 1. The van der Waals surface area contributed by atoms with Crippen molar-refractivity contribution in [2.75, 3.05) is 25.0 Å². The Labute approximate surface area is 135 Å². The Balaban J connectivity index is 1.34. The van der Waals surface area contributed by atoms with Gasteiger partial charge in [0.1, 0.15) is 11.6 Å². The largest absolute Gasteiger partial charge is 0.468 e. The van der Waals surface area contributed by atoms with Crippen molar-refractivity contribution in [1.82, 2.24) is 4.90 Å². The number of hydrogen-bond acceptors (Lipinski definition) is 4. The highest BCUT2D eigenvalue weighted by Crippen LogP contribution is 2.36. The first-order valence-electron chi connectivity index (χ1n) is 8.12. The molecule has 3 heterocycles. The lowest BCUT2D eigenvalue weighted by Gasteiger charge is -2.23. The summed E-state index contributed by atoms with van der Waals surface area (Å²) in [6, 6.07) is 10.8. The molecule has 0 amide bonds. The summed E-state index contributed by atoms with van der Waals surface area (Å²) in [6.07, 6.45) is 3.71. The lowest BCUT2D eigenvalue weighted by Crippen LogP contribution is -2.33. The first-order chi connectivity index (χ1) is 11.2. The molecule has 0 unspecified atom stereocenters. The van der Waals surface area contributed by atoms with Crippen molar-refractivity contribution in [3.05, 3.63) is 54.2 Å². The van der Waals surface area contributed by atoms with Crippen LogP contribution in [0.3, 0.4) is 0 Å². The maximum absolute atomic E-state index is 13.3. The zero-order chi connectivity index (χ0) is 15.7. The lowest BCUT2D eigenvalue weighted by atomic mass is 9.97. The minimum absolute atomic E-state index is 0.0718. The second-order valence-electron chi connectivity index (χ2n) is 6.59. The number of ether oxygens (including phenoxy) is 1. The number of likely N-dealkylation sites (tertiary alicyclic amines) is 1. The summed E-state index contributed by atoms with van der Waals surface area (Å²) in [6.45, 7) is 3.45. The molecule has 2 fully saturated rings. The third-order valence-corrected chi connectivity index (χ3v) is 4.76. The summed E-state index contributed by atoms with van der Waals surface area (Å²) in [5, 5.41) is 3.39. The zero-order valence-electron chi connectivity index (χ0n) is 13.0. The highest BCUT2D eigenvalue weighted by atomic mass is 19.1. The minimum atomic E-state index is -0.214. The summed E-state index contributed by atoms with van der Waals surface area (Å²) in [5.74, 6) is 0.781. The molecule has 2 aliphatic rings. The van der Waals surface area contributed by atoms with Crippen LogP contribution in [0, 0.1) is 5.82 Å². The standard InChI is InChI=1S/C18H21FN2O2/c19-14-3-1-4-15(9-14)20-16-10-18(23-12-16)6-7-21(13-18)11-17-5-2-8-22-17/h1-5,8-9,16,20H,6-7,10-13H2/t16-,18-/m1/s1. The summed E-state index contributed by atoms with van der Waals surface area (Å²) in [4.78, 5) is 2.38. The van der Waals surface area contributed by atoms with Crippen LogP contribution in [0.4, 0.5) is 10.1 Å². The molecule has 2 aliphatic heterocycles. The van der Waals surface area contributed by atoms with Crippen molar-refractivity contribution in [2.45, 2.75) is 31.0 Å². The van der Waals surface area contributed by atoms with Crippen LogP contribution >= 0.6 is 0 Å². The zero-order valence-corrected chi connectivity index (χ0v) is 13.0. The van der Waals surface area contributed by atoms with Gasteiger partial charge in [0.2, 0.25) is 0 Å². The van der Waals surface area contributed by atoms with Crippen molar-refractivity contribution in [2.24, 2.45) is 0 Å². The van der Waals surface area contributed by atoms with Crippen LogP contribution in [-0.4, -0.2) is 36.2 Å². The van der Waals surface area contributed by atoms with Gasteiger partial charge in [-0.3, -0.25) is 4.90 Å². The number of hydrogen-bond donors (Lipinski definition) is 1. The Morgan fingerprint density at radius 1 is 1.30 bits per heavy atom. The van der Waals surface area contributed by atoms with Crippen molar-refractivity contribution in [1.29, 1.82) is 0 Å². The molecule has 23 heavy (non-hydrogen) atoms. The van der Waals surface area contributed by atoms with E-state index in [1.807, 2.05) is 18.2 Å². The van der Waals surface area contributed by atoms with Crippen LogP contribution in [0.2, 0.25) is 0 Å². The van der Waals surface area contributed by atoms with Gasteiger partial charge in [0.05, 0.1) is 31.1 Å². The van der Waals surface area contributed by atoms with E-state index in [1.54, 1.807) is 12.3 Å². The van der Waals surface area contributed by atoms with Gasteiger partial charge in [-0.1, -0.05) is 6.07 Å². The van der Waals surface area contributed by atoms with Gasteiger partial charge in [0.25, 0.3) is 0 Å². The van der Waals surface area contributed by atoms with E-state index in [4.69, 9.17) is 9.15 Å². The van der Waals surface area contributed by atoms with Gasteiger partial charge >= 0.3 is 0 Å². The SMILES string of the molecule is Fc1cccc(N[C@H]2CO[C@]3(CCN(Cc4ccco4)C3)C2)c1. The fourth-order valence-corrected chi connectivity index (χ4v) is 3.72. The highest BCUT2D eigenvalue weighted by Gasteiger charge is 2.45. The van der Waals surface area contributed by atoms with E-state index in [2.05, 4.69) is 10.2 Å². The number of halogens is 1. The third kappa shape index (κ3) is 3.26. The molecular formula is C18H21FN2O2. The first-order valence-corrected chi connectivity index (χ1v) is 8.12. The summed E-state index contributed by atoms with van der Waals surface area (Å²) in [7, 11) is 0. The molecule has 2 atom stereocenters. The summed E-state index contributed by atoms with van der Waals surface area (Å²) < 4.78 is 24.8. The maximum atomic E-state index is 13.3. The highest BCUT2D eigenvalue weighted by molar-refractivity contribution is 5.44. The molecule has 1 spiro atoms. The van der Waals surface area contributed by atoms with E-state index >= 15 is 0 Å². The molecule has 1 aromatic heterocycles. The van der Waals surface area contributed by atoms with Crippen LogP contribution in [0.15, 0.2) is 47.1 Å². The van der Waals surface area contributed by atoms with Gasteiger partial charge in [-0.05, 0) is 36.8 Å². The minimum Gasteiger partial charge on any atom is -0.468 e. The van der Waals surface area contributed by atoms with E-state index in [0.29, 0.717) is 6.61 Å². The second-order valence-corrected chi connectivity index (χ2v) is 6.59. The quantitative estimate of drug-likeness (QED) is 0.939. The van der Waals surface area contributed by atoms with Gasteiger partial charge < -0.3 is 14.5 Å². The fourth-order valence-electron chi connectivity index (χ4n) is 3.72. The Hall–Kier alpha value is -1.85. The van der Waals surface area contributed by atoms with E-state index < -0.39 is 0 Å². The molecular weight excluding hydrogens is 295 g/mol. The fraction of sp³-hybridized carbons (Fsp3) is 0.444. The molecule has 5 heteroatoms. The monoisotopic (exact) mass is 316 g/mol. The average Bonchev–Trinajstić information content (AvgIpc) is 3.24. The van der Waals surface area contributed by atoms with Crippen molar-refractivity contribution in [3.8, 4) is 0 Å². The first kappa shape index (κ1) is 14.7. The normalized spacial score (nSPS) is 27.8. The van der Waals surface area contributed by atoms with Crippen LogP contribution in [0.5, 0.6) is 0 Å². The Morgan fingerprint density at radius 3 is 3.09 bits per heavy atom. The average molecular weight is 316 g/mol. The molecule has 1 aromatic carbocycles. The van der Waals surface area contributed by atoms with E-state index in [1.165, 1.54) is 12.1 Å². The van der Waals surface area contributed by atoms with Gasteiger partial charge in [0, 0.05) is 25.2 Å². The van der Waals surface area contributed by atoms with Crippen LogP contribution in [-0.2, 0) is 11.3 Å². The van der Waals surface area contributed by atoms with Crippen molar-refractivity contribution in [3.63, 3.8) is 0 Å². The van der Waals surface area contributed by atoms with Gasteiger partial charge in [-0.15, -0.1) is 0 Å². The molecule has 4 nitrogen and oxygen atoms in total. The summed E-state index contributed by atoms with van der Waals surface area (Å²) in [5.41, 5.74) is 0.749. The van der Waals surface area contributed by atoms with Crippen LogP contribution in [0.1, 0.15) is 18.6 Å². The molecule has 0 bridgehead atoms. The Bertz CT molecular complexity index is 661. The number of furan rings is 1. The Morgan fingerprint density at radius 2 is 2.26 bits per heavy atom. The Kier molecular flexibility index (Phi) is 3.83.